The third kappa shape index (κ3) is 307. The van der Waals surface area contributed by atoms with Crippen molar-refractivity contribution in [2.45, 2.75) is 40.5 Å². The van der Waals surface area contributed by atoms with Crippen molar-refractivity contribution in [2.24, 2.45) is 0 Å². The highest BCUT2D eigenvalue weighted by molar-refractivity contribution is 4.12. The maximum atomic E-state index is 2.75. The molecular weight excluding hydrogens is 110 g/mol. The first-order valence-electron chi connectivity index (χ1n) is 3.91. The van der Waals surface area contributed by atoms with E-state index in [0.29, 0.717) is 0 Å². The largest absolute Gasteiger partial charge is 0.323 e. The molecule has 0 bridgehead atoms. The topological polar surface area (TPSA) is 12.0 Å². The van der Waals surface area contributed by atoms with Crippen molar-refractivity contribution in [3.8, 4) is 0 Å². The molecule has 0 saturated heterocycles. The average molecular weight is 133 g/mol. The van der Waals surface area contributed by atoms with E-state index >= 15 is 0 Å². The second-order valence-corrected chi connectivity index (χ2v) is 1.50. The molecular formula is C8H23N. The summed E-state index contributed by atoms with van der Waals surface area (Å²) in [6.07, 6.45) is 2.64. The lowest BCUT2D eigenvalue weighted by molar-refractivity contribution is 0.886. The summed E-state index contributed by atoms with van der Waals surface area (Å²) in [6.45, 7) is 8.36. The zero-order valence-electron chi connectivity index (χ0n) is 7.91. The summed E-state index contributed by atoms with van der Waals surface area (Å²) in [5.74, 6) is 0. The van der Waals surface area contributed by atoms with E-state index in [9.17, 15) is 0 Å². The van der Waals surface area contributed by atoms with E-state index in [4.69, 9.17) is 0 Å². The predicted molar refractivity (Wildman–Crippen MR) is 46.9 cm³/mol. The summed E-state index contributed by atoms with van der Waals surface area (Å²) in [6, 6.07) is 0. The summed E-state index contributed by atoms with van der Waals surface area (Å²) in [7, 11) is 3.75. The van der Waals surface area contributed by atoms with Gasteiger partial charge in [-0.1, -0.05) is 40.5 Å². The second-order valence-electron chi connectivity index (χ2n) is 1.50. The normalized spacial score (nSPS) is 6.00. The maximum absolute atomic E-state index is 2.75. The monoisotopic (exact) mass is 133 g/mol. The molecule has 0 unspecified atom stereocenters. The summed E-state index contributed by atoms with van der Waals surface area (Å²) in [4.78, 5) is 0. The van der Waals surface area contributed by atoms with Crippen molar-refractivity contribution in [3.63, 3.8) is 0 Å². The minimum absolute atomic E-state index is 1.32. The lowest BCUT2D eigenvalue weighted by atomic mass is 10.4. The summed E-state index contributed by atoms with van der Waals surface area (Å²) < 4.78 is 0. The SMILES string of the molecule is CC.CCCC.CNC. The molecule has 0 radical (unpaired) electrons. The van der Waals surface area contributed by atoms with Crippen LogP contribution in [0.3, 0.4) is 0 Å². The Labute approximate surface area is 60.9 Å². The van der Waals surface area contributed by atoms with Crippen LogP contribution in [0.5, 0.6) is 0 Å². The van der Waals surface area contributed by atoms with Gasteiger partial charge in [0, 0.05) is 0 Å². The minimum Gasteiger partial charge on any atom is -0.323 e. The van der Waals surface area contributed by atoms with Crippen molar-refractivity contribution < 1.29 is 0 Å². The molecule has 0 aromatic carbocycles. The Bertz CT molecular complexity index is 12.0. The zero-order chi connectivity index (χ0) is 8.12. The number of nitrogens with one attached hydrogen (secondary N) is 1. The van der Waals surface area contributed by atoms with Crippen molar-refractivity contribution >= 4 is 0 Å². The van der Waals surface area contributed by atoms with Gasteiger partial charge in [0.05, 0.1) is 0 Å². The molecule has 0 spiro atoms. The lowest BCUT2D eigenvalue weighted by Gasteiger charge is -1.68. The van der Waals surface area contributed by atoms with Crippen LogP contribution < -0.4 is 5.32 Å². The molecule has 0 aliphatic heterocycles. The van der Waals surface area contributed by atoms with Crippen molar-refractivity contribution in [3.05, 3.63) is 0 Å². The fourth-order valence-electron chi connectivity index (χ4n) is 0. The molecule has 0 aromatic rings. The van der Waals surface area contributed by atoms with Crippen LogP contribution in [0.1, 0.15) is 40.5 Å². The molecule has 9 heavy (non-hydrogen) atoms. The molecule has 60 valence electrons. The van der Waals surface area contributed by atoms with E-state index in [2.05, 4.69) is 19.2 Å². The van der Waals surface area contributed by atoms with Crippen LogP contribution in [-0.2, 0) is 0 Å². The molecule has 1 N–H and O–H groups in total. The van der Waals surface area contributed by atoms with Gasteiger partial charge in [-0.2, -0.15) is 0 Å². The van der Waals surface area contributed by atoms with Gasteiger partial charge in [0.15, 0.2) is 0 Å². The summed E-state index contributed by atoms with van der Waals surface area (Å²) in [5.41, 5.74) is 0. The van der Waals surface area contributed by atoms with Gasteiger partial charge in [-0.25, -0.2) is 0 Å². The van der Waals surface area contributed by atoms with Crippen LogP contribution >= 0.6 is 0 Å². The van der Waals surface area contributed by atoms with E-state index in [1.165, 1.54) is 12.8 Å². The Morgan fingerprint density at radius 2 is 1.00 bits per heavy atom. The zero-order valence-corrected chi connectivity index (χ0v) is 7.91. The van der Waals surface area contributed by atoms with Crippen LogP contribution in [-0.4, -0.2) is 14.1 Å². The number of rotatable bonds is 1. The molecule has 0 aliphatic rings. The van der Waals surface area contributed by atoms with Gasteiger partial charge in [-0.05, 0) is 14.1 Å². The first-order chi connectivity index (χ1) is 4.33. The third-order valence-corrected chi connectivity index (χ3v) is 0.500. The van der Waals surface area contributed by atoms with Crippen LogP contribution in [0, 0.1) is 0 Å². The average Bonchev–Trinajstić information content (AvgIpc) is 1.94. The van der Waals surface area contributed by atoms with E-state index in [1.807, 2.05) is 27.9 Å². The van der Waals surface area contributed by atoms with Gasteiger partial charge in [0.1, 0.15) is 0 Å². The molecule has 0 saturated carbocycles. The summed E-state index contributed by atoms with van der Waals surface area (Å²) in [5, 5.41) is 2.75. The number of hydrogen-bond donors (Lipinski definition) is 1. The maximum Gasteiger partial charge on any atom is -0.0167 e. The van der Waals surface area contributed by atoms with Crippen LogP contribution in [0.15, 0.2) is 0 Å². The highest BCUT2D eigenvalue weighted by Crippen LogP contribution is 1.76. The molecule has 1 heteroatoms. The highest BCUT2D eigenvalue weighted by atomic mass is 14.7. The molecule has 0 aliphatic carbocycles. The predicted octanol–water partition coefficient (Wildman–Crippen LogP) is 2.67. The van der Waals surface area contributed by atoms with Gasteiger partial charge in [-0.15, -0.1) is 0 Å². The van der Waals surface area contributed by atoms with Gasteiger partial charge >= 0.3 is 0 Å². The van der Waals surface area contributed by atoms with Gasteiger partial charge in [0.2, 0.25) is 0 Å². The summed E-state index contributed by atoms with van der Waals surface area (Å²) >= 11 is 0. The molecule has 0 fully saturated rings. The fourth-order valence-corrected chi connectivity index (χ4v) is 0. The fraction of sp³-hybridized carbons (Fsp3) is 1.00. The first kappa shape index (κ1) is 16.0. The van der Waals surface area contributed by atoms with Crippen molar-refractivity contribution in [2.75, 3.05) is 14.1 Å². The first-order valence-corrected chi connectivity index (χ1v) is 3.91. The van der Waals surface area contributed by atoms with Crippen LogP contribution in [0.25, 0.3) is 0 Å². The van der Waals surface area contributed by atoms with E-state index in [1.54, 1.807) is 0 Å². The molecule has 1 nitrogen and oxygen atoms in total. The number of hydrogen-bond acceptors (Lipinski definition) is 1. The van der Waals surface area contributed by atoms with E-state index < -0.39 is 0 Å². The van der Waals surface area contributed by atoms with E-state index in [0.717, 1.165) is 0 Å². The van der Waals surface area contributed by atoms with Gasteiger partial charge < -0.3 is 5.32 Å². The van der Waals surface area contributed by atoms with Crippen LogP contribution in [0.4, 0.5) is 0 Å². The van der Waals surface area contributed by atoms with Crippen molar-refractivity contribution in [1.82, 2.24) is 5.32 Å². The standard InChI is InChI=1S/C4H10.C2H7N.C2H6/c1-3-4-2;1-3-2;1-2/h3-4H2,1-2H3;3H,1-2H3;1-2H3. The Balaban J connectivity index is -0.0000000646. The number of unbranched alkanes of at least 4 members (excludes halogenated alkanes) is 1. The lowest BCUT2D eigenvalue weighted by Crippen LogP contribution is -1.89. The Morgan fingerprint density at radius 1 is 0.889 bits per heavy atom. The Hall–Kier alpha value is -0.0400. The molecule has 0 amide bonds. The molecule has 0 rings (SSSR count). The third-order valence-electron chi connectivity index (χ3n) is 0.500. The minimum atomic E-state index is 1.32. The Morgan fingerprint density at radius 3 is 1.00 bits per heavy atom. The van der Waals surface area contributed by atoms with Gasteiger partial charge in [-0.3, -0.25) is 0 Å². The highest BCUT2D eigenvalue weighted by Gasteiger charge is 1.56. The van der Waals surface area contributed by atoms with Gasteiger partial charge in [0.25, 0.3) is 0 Å². The molecule has 0 aromatic heterocycles. The van der Waals surface area contributed by atoms with Crippen molar-refractivity contribution in [1.29, 1.82) is 0 Å². The molecule has 0 heterocycles. The quantitative estimate of drug-likeness (QED) is 0.580. The smallest absolute Gasteiger partial charge is 0.0167 e. The van der Waals surface area contributed by atoms with E-state index in [-0.39, 0.29) is 0 Å². The van der Waals surface area contributed by atoms with Crippen LogP contribution in [0.2, 0.25) is 0 Å². The Kier molecular flexibility index (Phi) is 78.2. The second kappa shape index (κ2) is 44.0. The molecule has 0 atom stereocenters.